The highest BCUT2D eigenvalue weighted by Crippen LogP contribution is 2.20. The lowest BCUT2D eigenvalue weighted by Gasteiger charge is -2.21. The standard InChI is InChI=1S/C20H26N4O/c1-21-20(23-11-13-25-19-8-5-10-22-15-19)24-12-9-18(16-24)14-17-6-3-2-4-7-17/h2-8,10,15,18H,9,11-14,16H2,1H3,(H,21,23). The third-order valence-electron chi connectivity index (χ3n) is 4.45. The van der Waals surface area contributed by atoms with E-state index in [1.807, 2.05) is 19.2 Å². The van der Waals surface area contributed by atoms with Gasteiger partial charge in [-0.15, -0.1) is 0 Å². The minimum absolute atomic E-state index is 0.589. The molecule has 1 atom stereocenters. The molecule has 1 aromatic carbocycles. The fourth-order valence-corrected chi connectivity index (χ4v) is 3.24. The number of nitrogens with zero attached hydrogens (tertiary/aromatic N) is 3. The van der Waals surface area contributed by atoms with E-state index < -0.39 is 0 Å². The molecule has 0 saturated carbocycles. The van der Waals surface area contributed by atoms with Crippen LogP contribution in [-0.2, 0) is 6.42 Å². The molecular formula is C20H26N4O. The molecule has 5 heteroatoms. The molecule has 0 radical (unpaired) electrons. The van der Waals surface area contributed by atoms with Gasteiger partial charge < -0.3 is 15.0 Å². The van der Waals surface area contributed by atoms with Crippen LogP contribution in [0.4, 0.5) is 0 Å². The van der Waals surface area contributed by atoms with Crippen LogP contribution in [0.3, 0.4) is 0 Å². The first kappa shape index (κ1) is 17.3. The van der Waals surface area contributed by atoms with Crippen molar-refractivity contribution in [1.82, 2.24) is 15.2 Å². The summed E-state index contributed by atoms with van der Waals surface area (Å²) in [6, 6.07) is 14.5. The summed E-state index contributed by atoms with van der Waals surface area (Å²) in [5.41, 5.74) is 1.42. The van der Waals surface area contributed by atoms with E-state index in [9.17, 15) is 0 Å². The maximum Gasteiger partial charge on any atom is 0.193 e. The van der Waals surface area contributed by atoms with E-state index in [2.05, 4.69) is 50.5 Å². The highest BCUT2D eigenvalue weighted by atomic mass is 16.5. The SMILES string of the molecule is CN=C(NCCOc1cccnc1)N1CCC(Cc2ccccc2)C1. The first-order valence-corrected chi connectivity index (χ1v) is 8.87. The molecule has 0 amide bonds. The van der Waals surface area contributed by atoms with Crippen molar-refractivity contribution in [2.75, 3.05) is 33.3 Å². The van der Waals surface area contributed by atoms with Crippen LogP contribution in [0.25, 0.3) is 0 Å². The molecule has 25 heavy (non-hydrogen) atoms. The molecule has 1 unspecified atom stereocenters. The molecule has 1 N–H and O–H groups in total. The van der Waals surface area contributed by atoms with Crippen molar-refractivity contribution in [1.29, 1.82) is 0 Å². The van der Waals surface area contributed by atoms with Crippen LogP contribution in [0.2, 0.25) is 0 Å². The number of hydrogen-bond donors (Lipinski definition) is 1. The van der Waals surface area contributed by atoms with Gasteiger partial charge in [0.2, 0.25) is 0 Å². The van der Waals surface area contributed by atoms with Crippen molar-refractivity contribution in [3.8, 4) is 5.75 Å². The molecule has 0 spiro atoms. The van der Waals surface area contributed by atoms with Crippen LogP contribution in [0, 0.1) is 5.92 Å². The number of aromatic nitrogens is 1. The summed E-state index contributed by atoms with van der Waals surface area (Å²) in [5, 5.41) is 3.40. The van der Waals surface area contributed by atoms with E-state index in [4.69, 9.17) is 4.74 Å². The minimum Gasteiger partial charge on any atom is -0.490 e. The summed E-state index contributed by atoms with van der Waals surface area (Å²) in [6.07, 6.45) is 5.82. The molecule has 1 saturated heterocycles. The van der Waals surface area contributed by atoms with E-state index in [0.29, 0.717) is 12.5 Å². The van der Waals surface area contributed by atoms with Gasteiger partial charge in [-0.2, -0.15) is 0 Å². The summed E-state index contributed by atoms with van der Waals surface area (Å²) in [4.78, 5) is 10.8. The average molecular weight is 338 g/mol. The molecule has 1 aliphatic heterocycles. The second-order valence-electron chi connectivity index (χ2n) is 6.30. The van der Waals surface area contributed by atoms with Crippen LogP contribution < -0.4 is 10.1 Å². The van der Waals surface area contributed by atoms with Gasteiger partial charge in [0.05, 0.1) is 12.7 Å². The van der Waals surface area contributed by atoms with Crippen LogP contribution in [0.15, 0.2) is 59.9 Å². The average Bonchev–Trinajstić information content (AvgIpc) is 3.12. The molecule has 0 aliphatic carbocycles. The molecule has 2 aromatic rings. The van der Waals surface area contributed by atoms with Gasteiger partial charge in [0.15, 0.2) is 5.96 Å². The van der Waals surface area contributed by atoms with Gasteiger partial charge in [-0.25, -0.2) is 0 Å². The smallest absolute Gasteiger partial charge is 0.193 e. The maximum atomic E-state index is 5.67. The van der Waals surface area contributed by atoms with Crippen LogP contribution in [0.1, 0.15) is 12.0 Å². The Morgan fingerprint density at radius 2 is 2.16 bits per heavy atom. The number of ether oxygens (including phenoxy) is 1. The molecule has 1 fully saturated rings. The molecule has 3 rings (SSSR count). The Balaban J connectivity index is 1.41. The molecule has 132 valence electrons. The van der Waals surface area contributed by atoms with Crippen molar-refractivity contribution in [3.63, 3.8) is 0 Å². The zero-order valence-corrected chi connectivity index (χ0v) is 14.8. The second-order valence-corrected chi connectivity index (χ2v) is 6.30. The number of guanidine groups is 1. The van der Waals surface area contributed by atoms with Crippen LogP contribution >= 0.6 is 0 Å². The van der Waals surface area contributed by atoms with E-state index in [1.165, 1.54) is 12.0 Å². The summed E-state index contributed by atoms with van der Waals surface area (Å²) < 4.78 is 5.67. The number of pyridine rings is 1. The quantitative estimate of drug-likeness (QED) is 0.500. The van der Waals surface area contributed by atoms with Gasteiger partial charge in [0, 0.05) is 26.3 Å². The van der Waals surface area contributed by atoms with Gasteiger partial charge in [0.25, 0.3) is 0 Å². The van der Waals surface area contributed by atoms with E-state index in [-0.39, 0.29) is 0 Å². The Hall–Kier alpha value is -2.56. The largest absolute Gasteiger partial charge is 0.490 e. The predicted molar refractivity (Wildman–Crippen MR) is 101 cm³/mol. The van der Waals surface area contributed by atoms with E-state index >= 15 is 0 Å². The zero-order valence-electron chi connectivity index (χ0n) is 14.8. The molecular weight excluding hydrogens is 312 g/mol. The van der Waals surface area contributed by atoms with Gasteiger partial charge in [-0.1, -0.05) is 30.3 Å². The third kappa shape index (κ3) is 5.21. The minimum atomic E-state index is 0.589. The first-order chi connectivity index (χ1) is 12.3. The van der Waals surface area contributed by atoms with E-state index in [1.54, 1.807) is 12.4 Å². The Bertz CT molecular complexity index is 660. The summed E-state index contributed by atoms with van der Waals surface area (Å²) in [7, 11) is 1.84. The fourth-order valence-electron chi connectivity index (χ4n) is 3.24. The Morgan fingerprint density at radius 1 is 1.28 bits per heavy atom. The Morgan fingerprint density at radius 3 is 2.92 bits per heavy atom. The number of rotatable bonds is 6. The maximum absolute atomic E-state index is 5.67. The van der Waals surface area contributed by atoms with Gasteiger partial charge in [-0.3, -0.25) is 9.98 Å². The zero-order chi connectivity index (χ0) is 17.3. The van der Waals surface area contributed by atoms with Gasteiger partial charge in [0.1, 0.15) is 12.4 Å². The van der Waals surface area contributed by atoms with Crippen molar-refractivity contribution >= 4 is 5.96 Å². The lowest BCUT2D eigenvalue weighted by molar-refractivity contribution is 0.318. The number of hydrogen-bond acceptors (Lipinski definition) is 3. The summed E-state index contributed by atoms with van der Waals surface area (Å²) in [5.74, 6) is 2.45. The molecule has 1 aromatic heterocycles. The van der Waals surface area contributed by atoms with Crippen molar-refractivity contribution in [2.24, 2.45) is 10.9 Å². The van der Waals surface area contributed by atoms with Crippen molar-refractivity contribution in [3.05, 3.63) is 60.4 Å². The van der Waals surface area contributed by atoms with Crippen LogP contribution in [0.5, 0.6) is 5.75 Å². The Kier molecular flexibility index (Phi) is 6.26. The lowest BCUT2D eigenvalue weighted by Crippen LogP contribution is -2.41. The number of aliphatic imine (C=N–C) groups is 1. The van der Waals surface area contributed by atoms with Crippen molar-refractivity contribution in [2.45, 2.75) is 12.8 Å². The highest BCUT2D eigenvalue weighted by molar-refractivity contribution is 5.80. The number of benzene rings is 1. The number of nitrogens with one attached hydrogen (secondary N) is 1. The topological polar surface area (TPSA) is 49.8 Å². The normalized spacial score (nSPS) is 17.6. The molecule has 5 nitrogen and oxygen atoms in total. The lowest BCUT2D eigenvalue weighted by atomic mass is 9.99. The molecule has 0 bridgehead atoms. The monoisotopic (exact) mass is 338 g/mol. The predicted octanol–water partition coefficient (Wildman–Crippen LogP) is 2.60. The number of likely N-dealkylation sites (tertiary alicyclic amines) is 1. The molecule has 2 heterocycles. The fraction of sp³-hybridized carbons (Fsp3) is 0.400. The molecule has 1 aliphatic rings. The van der Waals surface area contributed by atoms with Gasteiger partial charge in [-0.05, 0) is 36.5 Å². The second kappa shape index (κ2) is 9.06. The van der Waals surface area contributed by atoms with Gasteiger partial charge >= 0.3 is 0 Å². The first-order valence-electron chi connectivity index (χ1n) is 8.87. The van der Waals surface area contributed by atoms with E-state index in [0.717, 1.165) is 37.8 Å². The van der Waals surface area contributed by atoms with Crippen molar-refractivity contribution < 1.29 is 4.74 Å². The summed E-state index contributed by atoms with van der Waals surface area (Å²) in [6.45, 7) is 3.42. The third-order valence-corrected chi connectivity index (χ3v) is 4.45. The summed E-state index contributed by atoms with van der Waals surface area (Å²) >= 11 is 0. The Labute approximate surface area is 149 Å². The highest BCUT2D eigenvalue weighted by Gasteiger charge is 2.24. The van der Waals surface area contributed by atoms with Crippen LogP contribution in [-0.4, -0.2) is 49.1 Å².